The molecule has 4 saturated heterocycles. The summed E-state index contributed by atoms with van der Waals surface area (Å²) in [5.41, 5.74) is -3.92. The van der Waals surface area contributed by atoms with Crippen molar-refractivity contribution in [3.05, 3.63) is 59.2 Å². The van der Waals surface area contributed by atoms with Gasteiger partial charge in [0.2, 0.25) is 0 Å². The Balaban J connectivity index is 0.911. The van der Waals surface area contributed by atoms with Crippen LogP contribution in [0.1, 0.15) is 131 Å². The molecular weight excluding hydrogens is 1320 g/mol. The van der Waals surface area contributed by atoms with Crippen molar-refractivity contribution in [1.82, 2.24) is 0 Å². The number of hydrogen-bond donors (Lipinski definition) is 12. The van der Waals surface area contributed by atoms with Crippen LogP contribution < -0.4 is 0 Å². The number of carboxylic acid groups (broad SMARTS) is 1. The third kappa shape index (κ3) is 13.5. The second-order valence-electron chi connectivity index (χ2n) is 31.2. The van der Waals surface area contributed by atoms with Crippen LogP contribution in [0.15, 0.2) is 53.6 Å². The molecule has 29 nitrogen and oxygen atoms in total. The lowest BCUT2D eigenvalue weighted by Crippen LogP contribution is -2.72. The minimum Gasteiger partial charge on any atom is -0.479 e. The summed E-state index contributed by atoms with van der Waals surface area (Å²) in [6.07, 6.45) is -30.5. The van der Waals surface area contributed by atoms with Gasteiger partial charge in [-0.1, -0.05) is 84.4 Å². The van der Waals surface area contributed by atoms with Crippen LogP contribution >= 0.6 is 0 Å². The highest BCUT2D eigenvalue weighted by molar-refractivity contribution is 5.90. The van der Waals surface area contributed by atoms with E-state index < -0.39 is 242 Å². The summed E-state index contributed by atoms with van der Waals surface area (Å²) in [6, 6.07) is 8.19. The van der Waals surface area contributed by atoms with Gasteiger partial charge in [-0.15, -0.1) is 0 Å². The number of allylic oxidation sites excluding steroid dienone is 3. The fourth-order valence-corrected chi connectivity index (χ4v) is 18.8. The van der Waals surface area contributed by atoms with E-state index >= 15 is 0 Å². The van der Waals surface area contributed by atoms with Crippen LogP contribution in [0.5, 0.6) is 0 Å². The fourth-order valence-electron chi connectivity index (χ4n) is 18.8. The highest BCUT2D eigenvalue weighted by atomic mass is 16.8. The number of methoxy groups -OCH3 is 1. The average molecular weight is 1420 g/mol. The largest absolute Gasteiger partial charge is 0.479 e. The average Bonchev–Trinajstić information content (AvgIpc) is 0.668. The van der Waals surface area contributed by atoms with Crippen LogP contribution in [-0.2, 0) is 76.0 Å². The zero-order valence-corrected chi connectivity index (χ0v) is 58.7. The van der Waals surface area contributed by atoms with Crippen molar-refractivity contribution >= 4 is 29.8 Å². The Kier molecular flexibility index (Phi) is 23.1. The predicted octanol–water partition coefficient (Wildman–Crippen LogP) is 1.10. The van der Waals surface area contributed by atoms with Crippen LogP contribution in [0.3, 0.4) is 0 Å². The van der Waals surface area contributed by atoms with Crippen molar-refractivity contribution in [2.75, 3.05) is 33.5 Å². The van der Waals surface area contributed by atoms with E-state index in [9.17, 15) is 85.3 Å². The van der Waals surface area contributed by atoms with E-state index in [1.165, 1.54) is 34.0 Å². The van der Waals surface area contributed by atoms with Crippen molar-refractivity contribution < 1.29 is 142 Å². The molecule has 2 unspecified atom stereocenters. The second kappa shape index (κ2) is 29.7. The zero-order valence-electron chi connectivity index (χ0n) is 58.7. The maximum absolute atomic E-state index is 14.9. The van der Waals surface area contributed by atoms with Crippen molar-refractivity contribution in [3.8, 4) is 0 Å². The van der Waals surface area contributed by atoms with Gasteiger partial charge >= 0.3 is 29.8 Å². The first kappa shape index (κ1) is 77.9. The Bertz CT molecular complexity index is 3160. The molecule has 9 aliphatic rings. The van der Waals surface area contributed by atoms with Gasteiger partial charge in [0, 0.05) is 11.0 Å². The molecule has 29 heteroatoms. The summed E-state index contributed by atoms with van der Waals surface area (Å²) in [5.74, 6) is -8.19. The van der Waals surface area contributed by atoms with Crippen molar-refractivity contribution in [3.63, 3.8) is 0 Å². The third-order valence-electron chi connectivity index (χ3n) is 25.1. The summed E-state index contributed by atoms with van der Waals surface area (Å²) < 4.78 is 72.6. The van der Waals surface area contributed by atoms with E-state index in [2.05, 4.69) is 26.8 Å². The van der Waals surface area contributed by atoms with Crippen LogP contribution in [0, 0.1) is 62.1 Å². The number of aliphatic hydroxyl groups is 11. The lowest BCUT2D eigenvalue weighted by Gasteiger charge is -2.73. The summed E-state index contributed by atoms with van der Waals surface area (Å²) in [6.45, 7) is 18.0. The molecule has 4 saturated carbocycles. The third-order valence-corrected chi connectivity index (χ3v) is 25.1. The van der Waals surface area contributed by atoms with Crippen molar-refractivity contribution in [1.29, 1.82) is 0 Å². The van der Waals surface area contributed by atoms with Crippen LogP contribution in [0.2, 0.25) is 0 Å². The van der Waals surface area contributed by atoms with Gasteiger partial charge in [-0.25, -0.2) is 14.4 Å². The monoisotopic (exact) mass is 1420 g/mol. The molecule has 562 valence electrons. The maximum Gasteiger partial charge on any atom is 0.338 e. The van der Waals surface area contributed by atoms with Gasteiger partial charge in [0.1, 0.15) is 73.2 Å². The lowest BCUT2D eigenvalue weighted by molar-refractivity contribution is -0.392. The zero-order chi connectivity index (χ0) is 73.4. The molecule has 0 bridgehead atoms. The Morgan fingerprint density at radius 3 is 1.98 bits per heavy atom. The smallest absolute Gasteiger partial charge is 0.338 e. The number of carbonyl (C=O) groups excluding carboxylic acids is 4. The lowest BCUT2D eigenvalue weighted by atomic mass is 9.32. The molecule has 4 aliphatic heterocycles. The molecule has 100 heavy (non-hydrogen) atoms. The predicted molar refractivity (Wildman–Crippen MR) is 343 cm³/mol. The number of carbonyl (C=O) groups is 5. The SMILES string of the molecule is C/C=C(/C)C(=O)O[C@H]1[C@H](O)[C@@H](O[C@H]2[C@H](C(=O)OC)[C@]3(CO)[C@H](O)C[C@]4(C)C(=CC[C@@H]5[C@@]6(C)CC[C@H](O[C@@H]7O[C@H](C(=O)O)[C@@H](O)[C@H](O[C@@H]8OC[C@@H](O)[C@H](O)[C@H]8O)[C@H]7O[C@@H]7O[C@H](CO)[C@H](O)[C@H](O)[C@H]7O)C(C)(C)[C@@H]6CC[C@]54C)[C@@H]3CC2(C)C)OC[C@H]1OC(=O)C(C)C(C)OC(=O)c1ccccc1. The molecule has 1 aromatic carbocycles. The number of benzene rings is 1. The Labute approximate surface area is 580 Å². The van der Waals surface area contributed by atoms with Gasteiger partial charge in [0.05, 0.1) is 69.2 Å². The molecule has 12 N–H and O–H groups in total. The van der Waals surface area contributed by atoms with E-state index in [1.807, 2.05) is 27.7 Å². The van der Waals surface area contributed by atoms with Gasteiger partial charge in [-0.3, -0.25) is 9.59 Å². The molecule has 0 aromatic heterocycles. The molecule has 0 spiro atoms. The summed E-state index contributed by atoms with van der Waals surface area (Å²) in [7, 11) is 1.20. The molecule has 1 aromatic rings. The number of aliphatic carboxylic acids is 1. The first-order valence-corrected chi connectivity index (χ1v) is 34.8. The normalized spacial score (nSPS) is 45.2. The number of rotatable bonds is 19. The van der Waals surface area contributed by atoms with Crippen LogP contribution in [0.4, 0.5) is 0 Å². The highest BCUT2D eigenvalue weighted by Crippen LogP contribution is 2.76. The van der Waals surface area contributed by atoms with E-state index in [-0.39, 0.29) is 35.8 Å². The highest BCUT2D eigenvalue weighted by Gasteiger charge is 2.74. The van der Waals surface area contributed by atoms with Crippen molar-refractivity contribution in [2.45, 2.75) is 256 Å². The van der Waals surface area contributed by atoms with Crippen LogP contribution in [0.25, 0.3) is 0 Å². The molecule has 5 aliphatic carbocycles. The Hall–Kier alpha value is -4.71. The minimum absolute atomic E-state index is 0.0746. The maximum atomic E-state index is 14.9. The molecule has 31 atom stereocenters. The fraction of sp³-hybridized carbons (Fsp3) is 0.789. The van der Waals surface area contributed by atoms with E-state index in [4.69, 9.17) is 56.8 Å². The number of esters is 4. The molecular formula is C71H104O29. The number of aliphatic hydroxyl groups excluding tert-OH is 11. The quantitative estimate of drug-likeness (QED) is 0.0303. The van der Waals surface area contributed by atoms with E-state index in [0.717, 1.165) is 5.57 Å². The first-order valence-electron chi connectivity index (χ1n) is 34.8. The van der Waals surface area contributed by atoms with Gasteiger partial charge in [-0.2, -0.15) is 0 Å². The van der Waals surface area contributed by atoms with Gasteiger partial charge in [0.25, 0.3) is 0 Å². The topological polar surface area (TPSA) is 439 Å². The van der Waals surface area contributed by atoms with Crippen LogP contribution in [-0.4, -0.2) is 260 Å². The summed E-state index contributed by atoms with van der Waals surface area (Å²) >= 11 is 0. The summed E-state index contributed by atoms with van der Waals surface area (Å²) in [5, 5.41) is 135. The minimum atomic E-state index is -2.15. The molecule has 10 rings (SSSR count). The van der Waals surface area contributed by atoms with Gasteiger partial charge in [0.15, 0.2) is 43.5 Å². The van der Waals surface area contributed by atoms with Crippen molar-refractivity contribution in [2.24, 2.45) is 62.1 Å². The number of ether oxygens (including phenoxy) is 12. The van der Waals surface area contributed by atoms with Gasteiger partial charge in [-0.05, 0) is 130 Å². The first-order chi connectivity index (χ1) is 46.9. The molecule has 0 radical (unpaired) electrons. The number of carboxylic acids is 1. The van der Waals surface area contributed by atoms with E-state index in [1.54, 1.807) is 37.3 Å². The molecule has 8 fully saturated rings. The molecule has 4 heterocycles. The summed E-state index contributed by atoms with van der Waals surface area (Å²) in [4.78, 5) is 68.2. The Morgan fingerprint density at radius 1 is 0.690 bits per heavy atom. The number of fused-ring (bicyclic) bond motifs is 7. The Morgan fingerprint density at radius 2 is 1.34 bits per heavy atom. The van der Waals surface area contributed by atoms with Gasteiger partial charge < -0.3 is 118 Å². The van der Waals surface area contributed by atoms with E-state index in [0.29, 0.717) is 32.1 Å². The second-order valence-corrected chi connectivity index (χ2v) is 31.2. The standard InChI is InChI=1S/C71H104O29/c1-13-31(2)58(85)96-52-39(93-59(86)32(3)33(4)92-60(87)34-17-15-14-16-18-34)29-91-63(51(52)82)100-56-44(61(88)89-12)71(30-73)36(25-66(56,5)6)35-19-20-41-68(9)23-22-43(67(7,8)40(68)21-24-69(41,10)70(35,11)26-42(71)75)95-65-55(99-64-49(80)47(78)46(77)38(27-72)94-64)53(50(81)54(98-65)57(83)84)97-62-48(79)45(76)37(74)28-90-62/h13-19,32-33,36-56,62-65,72-82H,20-30H2,1-12H3,(H,83,84)/b31-13-/t32?,33?,36-,37+,38+,39+,40-,41+,42+,43-,44+,45-,46-,47-,48+,49+,50-,51-,52+,53-,54-,55+,56-,62-,63+,64-,65+,68-,69+,70+,71-/m0/s1. The molecule has 0 amide bonds. The number of hydrogen-bond acceptors (Lipinski definition) is 28.